The zero-order valence-electron chi connectivity index (χ0n) is 28.9. The molecule has 8 heteroatoms. The van der Waals surface area contributed by atoms with Gasteiger partial charge in [-0.2, -0.15) is 5.06 Å². The molecule has 2 aromatic carbocycles. The molecule has 1 heterocycles. The molecule has 3 aliphatic carbocycles. The predicted octanol–water partition coefficient (Wildman–Crippen LogP) is 4.34. The van der Waals surface area contributed by atoms with Gasteiger partial charge >= 0.3 is 0 Å². The Bertz CT molecular complexity index is 1270. The number of likely N-dealkylation sites (N-methyl/N-ethyl adjacent to an activating group) is 1. The molecule has 0 spiro atoms. The number of aliphatic hydroxyl groups is 2. The fraction of sp³-hybridized carbons (Fsp3) is 0.658. The van der Waals surface area contributed by atoms with Crippen LogP contribution in [0.3, 0.4) is 0 Å². The molecule has 2 bridgehead atoms. The summed E-state index contributed by atoms with van der Waals surface area (Å²) in [5.74, 6) is 1.01. The number of benzene rings is 2. The number of aliphatic hydroxyl groups excluding tert-OH is 2. The van der Waals surface area contributed by atoms with Crippen LogP contribution in [0.25, 0.3) is 0 Å². The van der Waals surface area contributed by atoms with Crippen LogP contribution in [0.15, 0.2) is 54.6 Å². The summed E-state index contributed by atoms with van der Waals surface area (Å²) in [4.78, 5) is 25.0. The largest absolute Gasteiger partial charge is 0.394 e. The first-order valence-electron chi connectivity index (χ1n) is 17.5. The smallest absolute Gasteiger partial charge is 0.240 e. The Morgan fingerprint density at radius 3 is 2.41 bits per heavy atom. The van der Waals surface area contributed by atoms with Crippen molar-refractivity contribution >= 4 is 5.91 Å². The van der Waals surface area contributed by atoms with Crippen molar-refractivity contribution in [2.45, 2.75) is 90.8 Å². The van der Waals surface area contributed by atoms with Crippen molar-refractivity contribution in [2.24, 2.45) is 29.1 Å². The summed E-state index contributed by atoms with van der Waals surface area (Å²) in [5.41, 5.74) is 3.97. The summed E-state index contributed by atoms with van der Waals surface area (Å²) in [5, 5.41) is 26.1. The van der Waals surface area contributed by atoms with Gasteiger partial charge in [0.05, 0.1) is 19.3 Å². The zero-order valence-corrected chi connectivity index (χ0v) is 28.9. The molecule has 1 saturated heterocycles. The second-order valence-electron chi connectivity index (χ2n) is 15.2. The average molecular weight is 635 g/mol. The van der Waals surface area contributed by atoms with Crippen LogP contribution in [0.1, 0.15) is 63.6 Å². The second-order valence-corrected chi connectivity index (χ2v) is 15.2. The molecule has 2 aromatic rings. The van der Waals surface area contributed by atoms with E-state index in [4.69, 9.17) is 4.84 Å². The number of carbonyl (C=O) groups is 1. The number of hydrogen-bond acceptors (Lipinski definition) is 7. The molecule has 0 radical (unpaired) electrons. The van der Waals surface area contributed by atoms with E-state index < -0.39 is 24.2 Å². The third-order valence-corrected chi connectivity index (χ3v) is 11.4. The Balaban J connectivity index is 1.26. The maximum Gasteiger partial charge on any atom is 0.240 e. The maximum absolute atomic E-state index is 14.0. The molecular weight excluding hydrogens is 576 g/mol. The highest BCUT2D eigenvalue weighted by molar-refractivity contribution is 5.82. The van der Waals surface area contributed by atoms with Gasteiger partial charge in [-0.1, -0.05) is 75.4 Å². The second kappa shape index (κ2) is 15.3. The van der Waals surface area contributed by atoms with Crippen LogP contribution >= 0.6 is 0 Å². The number of nitrogens with one attached hydrogen (secondary N) is 1. The van der Waals surface area contributed by atoms with Crippen LogP contribution in [0.5, 0.6) is 0 Å². The van der Waals surface area contributed by atoms with Crippen LogP contribution in [-0.2, 0) is 29.1 Å². The van der Waals surface area contributed by atoms with Crippen molar-refractivity contribution < 1.29 is 19.8 Å². The van der Waals surface area contributed by atoms with Gasteiger partial charge in [0.15, 0.2) is 0 Å². The molecule has 4 fully saturated rings. The molecule has 3 saturated carbocycles. The monoisotopic (exact) mass is 634 g/mol. The van der Waals surface area contributed by atoms with Crippen LogP contribution < -0.4 is 5.32 Å². The number of aryl methyl sites for hydroxylation is 1. The minimum Gasteiger partial charge on any atom is -0.394 e. The summed E-state index contributed by atoms with van der Waals surface area (Å²) in [7, 11) is 4.23. The van der Waals surface area contributed by atoms with Gasteiger partial charge in [-0.3, -0.25) is 14.5 Å². The average Bonchev–Trinajstić information content (AvgIpc) is 3.39. The molecule has 8 atom stereocenters. The molecule has 1 aliphatic heterocycles. The van der Waals surface area contributed by atoms with Gasteiger partial charge < -0.3 is 20.4 Å². The SMILES string of the molecule is C[C@@H]1[C@@H](NC(=O)[C@@H]2[C@H]([C@H](C)O)[C@H](CO)ON2Cc2cccc(CN(CCCc3ccccc3)CCN(C)C)c2)C[C@@H]2C[C@H]1C2(C)C. The summed E-state index contributed by atoms with van der Waals surface area (Å²) < 4.78 is 0. The van der Waals surface area contributed by atoms with E-state index in [0.29, 0.717) is 29.7 Å². The number of fused-ring (bicyclic) bond motifs is 2. The molecule has 0 aromatic heterocycles. The number of amides is 1. The fourth-order valence-electron chi connectivity index (χ4n) is 8.51. The third kappa shape index (κ3) is 8.03. The summed E-state index contributed by atoms with van der Waals surface area (Å²) in [6.45, 7) is 12.7. The Kier molecular flexibility index (Phi) is 11.6. The predicted molar refractivity (Wildman–Crippen MR) is 183 cm³/mol. The molecule has 254 valence electrons. The normalized spacial score (nSPS) is 29.6. The van der Waals surface area contributed by atoms with Crippen molar-refractivity contribution in [3.05, 3.63) is 71.3 Å². The summed E-state index contributed by atoms with van der Waals surface area (Å²) in [6, 6.07) is 18.6. The van der Waals surface area contributed by atoms with E-state index >= 15 is 0 Å². The van der Waals surface area contributed by atoms with Crippen molar-refractivity contribution in [3.8, 4) is 0 Å². The first-order valence-corrected chi connectivity index (χ1v) is 17.5. The van der Waals surface area contributed by atoms with Crippen molar-refractivity contribution in [1.82, 2.24) is 20.2 Å². The number of carbonyl (C=O) groups excluding carboxylic acids is 1. The highest BCUT2D eigenvalue weighted by Gasteiger charge is 2.57. The molecule has 1 amide bonds. The Morgan fingerprint density at radius 2 is 1.76 bits per heavy atom. The highest BCUT2D eigenvalue weighted by atomic mass is 16.7. The van der Waals surface area contributed by atoms with Crippen molar-refractivity contribution in [2.75, 3.05) is 40.3 Å². The number of hydroxylamine groups is 2. The van der Waals surface area contributed by atoms with Crippen LogP contribution in [-0.4, -0.2) is 95.6 Å². The Morgan fingerprint density at radius 1 is 1.04 bits per heavy atom. The lowest BCUT2D eigenvalue weighted by Gasteiger charge is -2.62. The summed E-state index contributed by atoms with van der Waals surface area (Å²) in [6.07, 6.45) is 2.95. The van der Waals surface area contributed by atoms with E-state index in [1.165, 1.54) is 17.5 Å². The standard InChI is InChI=1S/C38H58N4O4/c1-26-32-21-31(38(32,3)4)22-33(26)39-37(45)36-35(27(2)44)34(25-43)46-42(36)24-30-15-10-14-29(20-30)23-41(19-18-40(5)6)17-11-16-28-12-8-7-9-13-28/h7-10,12-15,20,26-27,31-36,43-44H,11,16-19,21-25H2,1-6H3,(H,39,45)/t26-,27-,31-,32+,33-,34-,35+,36-/m0/s1. The van der Waals surface area contributed by atoms with Crippen molar-refractivity contribution in [3.63, 3.8) is 0 Å². The Labute approximate surface area is 277 Å². The molecule has 3 N–H and O–H groups in total. The van der Waals surface area contributed by atoms with E-state index in [-0.39, 0.29) is 18.6 Å². The fourth-order valence-corrected chi connectivity index (χ4v) is 8.51. The maximum atomic E-state index is 14.0. The lowest BCUT2D eigenvalue weighted by Crippen LogP contribution is -2.62. The topological polar surface area (TPSA) is 88.5 Å². The van der Waals surface area contributed by atoms with Gasteiger partial charge in [-0.25, -0.2) is 0 Å². The van der Waals surface area contributed by atoms with Crippen LogP contribution in [0.4, 0.5) is 0 Å². The molecule has 8 nitrogen and oxygen atoms in total. The number of hydrogen-bond donors (Lipinski definition) is 3. The lowest BCUT2D eigenvalue weighted by molar-refractivity contribution is -0.183. The molecule has 46 heavy (non-hydrogen) atoms. The zero-order chi connectivity index (χ0) is 33.0. The summed E-state index contributed by atoms with van der Waals surface area (Å²) >= 11 is 0. The van der Waals surface area contributed by atoms with E-state index in [1.807, 2.05) is 0 Å². The van der Waals surface area contributed by atoms with Crippen molar-refractivity contribution in [1.29, 1.82) is 0 Å². The van der Waals surface area contributed by atoms with Gasteiger partial charge in [0, 0.05) is 31.6 Å². The lowest BCUT2D eigenvalue weighted by atomic mass is 9.45. The third-order valence-electron chi connectivity index (χ3n) is 11.4. The first kappa shape index (κ1) is 35.0. The van der Waals surface area contributed by atoms with E-state index in [1.54, 1.807) is 12.0 Å². The van der Waals surface area contributed by atoms with E-state index in [9.17, 15) is 15.0 Å². The van der Waals surface area contributed by atoms with Gasteiger partial charge in [-0.15, -0.1) is 0 Å². The Hall–Kier alpha value is -2.33. The van der Waals surface area contributed by atoms with Gasteiger partial charge in [-0.05, 0) is 93.1 Å². The van der Waals surface area contributed by atoms with E-state index in [2.05, 4.69) is 105 Å². The van der Waals surface area contributed by atoms with Crippen LogP contribution in [0.2, 0.25) is 0 Å². The number of nitrogens with zero attached hydrogens (tertiary/aromatic N) is 3. The minimum atomic E-state index is -0.804. The number of rotatable bonds is 15. The first-order chi connectivity index (χ1) is 22.0. The molecule has 4 aliphatic rings. The quantitative estimate of drug-likeness (QED) is 0.269. The van der Waals surface area contributed by atoms with Gasteiger partial charge in [0.25, 0.3) is 0 Å². The molecule has 0 unspecified atom stereocenters. The van der Waals surface area contributed by atoms with Crippen LogP contribution in [0, 0.1) is 29.1 Å². The van der Waals surface area contributed by atoms with E-state index in [0.717, 1.165) is 51.0 Å². The molecule has 6 rings (SSSR count). The minimum absolute atomic E-state index is 0.109. The highest BCUT2D eigenvalue weighted by Crippen LogP contribution is 2.61. The van der Waals surface area contributed by atoms with Gasteiger partial charge in [0.1, 0.15) is 12.1 Å². The van der Waals surface area contributed by atoms with Gasteiger partial charge in [0.2, 0.25) is 5.91 Å². The molecular formula is C38H58N4O4.